The van der Waals surface area contributed by atoms with Crippen molar-refractivity contribution < 1.29 is 19.4 Å². The number of aliphatic carboxylic acids is 1. The van der Waals surface area contributed by atoms with Gasteiger partial charge in [-0.05, 0) is 67.3 Å². The van der Waals surface area contributed by atoms with Gasteiger partial charge in [0.15, 0.2) is 11.5 Å². The number of carboxylic acid groups (broad SMARTS) is 1. The Labute approximate surface area is 216 Å². The van der Waals surface area contributed by atoms with E-state index >= 15 is 0 Å². The lowest BCUT2D eigenvalue weighted by atomic mass is 9.91. The molecule has 0 saturated carbocycles. The maximum Gasteiger partial charge on any atom is 0.320 e. The molecule has 0 radical (unpaired) electrons. The monoisotopic (exact) mass is 513 g/mol. The lowest BCUT2D eigenvalue weighted by Gasteiger charge is -2.40. The van der Waals surface area contributed by atoms with Crippen LogP contribution in [0, 0.1) is 0 Å². The van der Waals surface area contributed by atoms with Crippen LogP contribution in [0.1, 0.15) is 48.9 Å². The topological polar surface area (TPSA) is 59.0 Å². The molecule has 0 aromatic heterocycles. The largest absolute Gasteiger partial charge is 0.490 e. The van der Waals surface area contributed by atoms with Crippen LogP contribution in [-0.2, 0) is 11.4 Å². The second kappa shape index (κ2) is 11.8. The first-order valence-electron chi connectivity index (χ1n) is 11.8. The van der Waals surface area contributed by atoms with Crippen molar-refractivity contribution in [1.29, 1.82) is 0 Å². The summed E-state index contributed by atoms with van der Waals surface area (Å²) in [6, 6.07) is 20.1. The summed E-state index contributed by atoms with van der Waals surface area (Å²) in [5, 5.41) is 11.0. The van der Waals surface area contributed by atoms with E-state index in [0.29, 0.717) is 47.7 Å². The van der Waals surface area contributed by atoms with E-state index in [0.717, 1.165) is 29.5 Å². The molecular weight excluding hydrogens is 485 g/mol. The molecule has 0 spiro atoms. The van der Waals surface area contributed by atoms with E-state index in [4.69, 9.17) is 32.7 Å². The van der Waals surface area contributed by atoms with E-state index in [1.807, 2.05) is 66.4 Å². The maximum atomic E-state index is 12.2. The second-order valence-electron chi connectivity index (χ2n) is 8.57. The fourth-order valence-corrected chi connectivity index (χ4v) is 5.13. The van der Waals surface area contributed by atoms with Gasteiger partial charge in [0.25, 0.3) is 0 Å². The first-order chi connectivity index (χ1) is 17.0. The Morgan fingerprint density at radius 2 is 1.83 bits per heavy atom. The third-order valence-electron chi connectivity index (χ3n) is 6.24. The molecule has 184 valence electrons. The van der Waals surface area contributed by atoms with Crippen LogP contribution in [0.2, 0.25) is 10.0 Å². The second-order valence-corrected chi connectivity index (χ2v) is 9.41. The van der Waals surface area contributed by atoms with E-state index in [-0.39, 0.29) is 6.04 Å². The summed E-state index contributed by atoms with van der Waals surface area (Å²) in [6.45, 7) is 3.46. The molecule has 0 aliphatic carbocycles. The van der Waals surface area contributed by atoms with Crippen molar-refractivity contribution in [2.24, 2.45) is 0 Å². The van der Waals surface area contributed by atoms with Gasteiger partial charge in [0.05, 0.1) is 12.6 Å². The maximum absolute atomic E-state index is 12.2. The number of hydrogen-bond acceptors (Lipinski definition) is 4. The predicted molar refractivity (Wildman–Crippen MR) is 139 cm³/mol. The summed E-state index contributed by atoms with van der Waals surface area (Å²) in [4.78, 5) is 14.2. The Hall–Kier alpha value is -2.73. The van der Waals surface area contributed by atoms with Crippen LogP contribution in [0.5, 0.6) is 11.5 Å². The molecule has 1 aliphatic heterocycles. The van der Waals surface area contributed by atoms with Crippen LogP contribution in [0.25, 0.3) is 0 Å². The van der Waals surface area contributed by atoms with Crippen molar-refractivity contribution in [3.8, 4) is 11.5 Å². The lowest BCUT2D eigenvalue weighted by Crippen LogP contribution is -2.46. The fraction of sp³-hybridized carbons (Fsp3) is 0.321. The van der Waals surface area contributed by atoms with Gasteiger partial charge in [0.2, 0.25) is 0 Å². The van der Waals surface area contributed by atoms with Gasteiger partial charge in [0, 0.05) is 10.0 Å². The molecule has 1 saturated heterocycles. The number of hydrogen-bond donors (Lipinski definition) is 1. The van der Waals surface area contributed by atoms with Crippen LogP contribution in [0.3, 0.4) is 0 Å². The van der Waals surface area contributed by atoms with Crippen LogP contribution in [-0.4, -0.2) is 35.2 Å². The summed E-state index contributed by atoms with van der Waals surface area (Å²) >= 11 is 12.8. The summed E-state index contributed by atoms with van der Waals surface area (Å²) < 4.78 is 12.0. The number of halogens is 2. The van der Waals surface area contributed by atoms with Crippen molar-refractivity contribution in [2.75, 3.05) is 13.2 Å². The molecule has 5 nitrogen and oxygen atoms in total. The predicted octanol–water partition coefficient (Wildman–Crippen LogP) is 7.00. The molecule has 1 fully saturated rings. The zero-order chi connectivity index (χ0) is 24.8. The quantitative estimate of drug-likeness (QED) is 0.333. The highest BCUT2D eigenvalue weighted by Crippen LogP contribution is 2.41. The highest BCUT2D eigenvalue weighted by Gasteiger charge is 2.36. The van der Waals surface area contributed by atoms with E-state index in [1.54, 1.807) is 12.1 Å². The molecule has 3 aromatic rings. The molecule has 4 rings (SSSR count). The summed E-state index contributed by atoms with van der Waals surface area (Å²) in [6.07, 6.45) is 2.39. The number of benzene rings is 3. The minimum atomic E-state index is -0.826. The first-order valence-corrected chi connectivity index (χ1v) is 12.6. The van der Waals surface area contributed by atoms with Gasteiger partial charge in [-0.3, -0.25) is 9.69 Å². The van der Waals surface area contributed by atoms with Crippen molar-refractivity contribution in [3.63, 3.8) is 0 Å². The standard InChI is InChI=1S/C28H29Cl2NO4/c1-2-34-26-16-20(11-14-25(26)35-18-19-8-4-3-5-9-19)27(22-13-12-21(29)17-23(22)30)31-15-7-6-10-24(31)28(32)33/h3-5,8-9,11-14,16-17,24,27H,2,6-7,10,15,18H2,1H3,(H,32,33). The fourth-order valence-electron chi connectivity index (χ4n) is 4.62. The molecular formula is C28H29Cl2NO4. The average Bonchev–Trinajstić information content (AvgIpc) is 2.86. The van der Waals surface area contributed by atoms with Crippen molar-refractivity contribution in [3.05, 3.63) is 93.5 Å². The Bertz CT molecular complexity index is 1150. The highest BCUT2D eigenvalue weighted by molar-refractivity contribution is 6.35. The Morgan fingerprint density at radius 3 is 2.54 bits per heavy atom. The summed E-state index contributed by atoms with van der Waals surface area (Å²) in [5.41, 5.74) is 2.75. The summed E-state index contributed by atoms with van der Waals surface area (Å²) in [5.74, 6) is 0.418. The molecule has 3 aromatic carbocycles. The van der Waals surface area contributed by atoms with Gasteiger partial charge in [-0.25, -0.2) is 0 Å². The minimum Gasteiger partial charge on any atom is -0.490 e. The smallest absolute Gasteiger partial charge is 0.320 e. The Morgan fingerprint density at radius 1 is 1.03 bits per heavy atom. The molecule has 35 heavy (non-hydrogen) atoms. The van der Waals surface area contributed by atoms with Crippen LogP contribution in [0.4, 0.5) is 0 Å². The van der Waals surface area contributed by atoms with Crippen LogP contribution < -0.4 is 9.47 Å². The molecule has 0 amide bonds. The molecule has 1 aliphatic rings. The molecule has 2 atom stereocenters. The molecule has 1 N–H and O–H groups in total. The highest BCUT2D eigenvalue weighted by atomic mass is 35.5. The molecule has 1 heterocycles. The van der Waals surface area contributed by atoms with Crippen molar-refractivity contribution in [1.82, 2.24) is 4.90 Å². The van der Waals surface area contributed by atoms with Gasteiger partial charge in [-0.2, -0.15) is 0 Å². The number of piperidine rings is 1. The van der Waals surface area contributed by atoms with E-state index in [9.17, 15) is 9.90 Å². The zero-order valence-corrected chi connectivity index (χ0v) is 21.1. The van der Waals surface area contributed by atoms with Gasteiger partial charge in [-0.15, -0.1) is 0 Å². The number of carbonyl (C=O) groups is 1. The number of rotatable bonds is 9. The molecule has 7 heteroatoms. The zero-order valence-electron chi connectivity index (χ0n) is 19.6. The number of carboxylic acids is 1. The SMILES string of the molecule is CCOc1cc(C(c2ccc(Cl)cc2Cl)N2CCCCC2C(=O)O)ccc1OCc1ccccc1. The van der Waals surface area contributed by atoms with Gasteiger partial charge >= 0.3 is 5.97 Å². The van der Waals surface area contributed by atoms with E-state index in [2.05, 4.69) is 0 Å². The number of likely N-dealkylation sites (tertiary alicyclic amines) is 1. The van der Waals surface area contributed by atoms with Crippen LogP contribution in [0.15, 0.2) is 66.7 Å². The Balaban J connectivity index is 1.74. The van der Waals surface area contributed by atoms with Gasteiger partial charge in [-0.1, -0.05) is 72.1 Å². The number of ether oxygens (including phenoxy) is 2. The van der Waals surface area contributed by atoms with E-state index in [1.165, 1.54) is 0 Å². The third-order valence-corrected chi connectivity index (χ3v) is 6.80. The van der Waals surface area contributed by atoms with Crippen molar-refractivity contribution >= 4 is 29.2 Å². The summed E-state index contributed by atoms with van der Waals surface area (Å²) in [7, 11) is 0. The first kappa shape index (κ1) is 25.4. The van der Waals surface area contributed by atoms with Crippen LogP contribution >= 0.6 is 23.2 Å². The van der Waals surface area contributed by atoms with Gasteiger partial charge < -0.3 is 14.6 Å². The van der Waals surface area contributed by atoms with E-state index < -0.39 is 12.0 Å². The molecule has 0 bridgehead atoms. The van der Waals surface area contributed by atoms with Crippen molar-refractivity contribution in [2.45, 2.75) is 44.9 Å². The Kier molecular flexibility index (Phi) is 8.55. The van der Waals surface area contributed by atoms with Gasteiger partial charge in [0.1, 0.15) is 12.6 Å². The average molecular weight is 514 g/mol. The number of nitrogens with zero attached hydrogens (tertiary/aromatic N) is 1. The normalized spacial score (nSPS) is 17.1. The lowest BCUT2D eigenvalue weighted by molar-refractivity contribution is -0.145. The minimum absolute atomic E-state index is 0.372. The molecule has 2 unspecified atom stereocenters. The third kappa shape index (κ3) is 6.10.